The Hall–Kier alpha value is -0.610. The maximum Gasteiger partial charge on any atom is 0.312 e. The van der Waals surface area contributed by atoms with Crippen LogP contribution < -0.4 is 0 Å². The maximum atomic E-state index is 11.4. The van der Waals surface area contributed by atoms with Gasteiger partial charge in [0.25, 0.3) is 0 Å². The van der Waals surface area contributed by atoms with E-state index < -0.39 is 11.4 Å². The maximum absolute atomic E-state index is 11.4. The number of fused-ring (bicyclic) bond motifs is 2. The highest BCUT2D eigenvalue weighted by atomic mass is 16.5. The van der Waals surface area contributed by atoms with Crippen LogP contribution in [0.15, 0.2) is 0 Å². The number of carboxylic acids is 1. The van der Waals surface area contributed by atoms with E-state index in [2.05, 4.69) is 0 Å². The third-order valence-electron chi connectivity index (χ3n) is 3.80. The van der Waals surface area contributed by atoms with Crippen molar-refractivity contribution < 1.29 is 19.4 Å². The smallest absolute Gasteiger partial charge is 0.312 e. The van der Waals surface area contributed by atoms with E-state index in [0.717, 1.165) is 12.8 Å². The summed E-state index contributed by atoms with van der Waals surface area (Å²) in [6, 6.07) is 0. The molecular formula is C11H18O4. The lowest BCUT2D eigenvalue weighted by Crippen LogP contribution is -2.42. The third kappa shape index (κ3) is 1.66. The Bertz CT molecular complexity index is 265. The van der Waals surface area contributed by atoms with Crippen LogP contribution in [0.3, 0.4) is 0 Å². The van der Waals surface area contributed by atoms with Crippen LogP contribution in [0.1, 0.15) is 32.6 Å². The molecule has 4 atom stereocenters. The molecule has 2 rings (SSSR count). The van der Waals surface area contributed by atoms with Crippen LogP contribution in [-0.4, -0.2) is 36.5 Å². The summed E-state index contributed by atoms with van der Waals surface area (Å²) in [5.74, 6) is -0.724. The Morgan fingerprint density at radius 1 is 1.67 bits per heavy atom. The number of carbonyl (C=O) groups is 1. The van der Waals surface area contributed by atoms with Gasteiger partial charge >= 0.3 is 5.97 Å². The van der Waals surface area contributed by atoms with E-state index in [-0.39, 0.29) is 18.3 Å². The molecule has 2 aliphatic rings. The molecule has 0 amide bonds. The molecular weight excluding hydrogens is 196 g/mol. The highest BCUT2D eigenvalue weighted by molar-refractivity contribution is 5.76. The number of rotatable bonds is 4. The first kappa shape index (κ1) is 10.9. The molecule has 0 aromatic heterocycles. The monoisotopic (exact) mass is 214 g/mol. The second kappa shape index (κ2) is 3.76. The van der Waals surface area contributed by atoms with Crippen molar-refractivity contribution in [3.8, 4) is 0 Å². The molecule has 0 saturated carbocycles. The van der Waals surface area contributed by atoms with Crippen LogP contribution in [0.5, 0.6) is 0 Å². The Kier molecular flexibility index (Phi) is 2.73. The number of methoxy groups -OCH3 is 1. The SMILES string of the molecule is COC(C)CC1(C(=O)O)CC2CCC1O2. The molecule has 0 spiro atoms. The Balaban J connectivity index is 2.15. The number of hydrogen-bond acceptors (Lipinski definition) is 3. The molecule has 86 valence electrons. The van der Waals surface area contributed by atoms with E-state index in [1.807, 2.05) is 6.92 Å². The number of carboxylic acid groups (broad SMARTS) is 1. The average molecular weight is 214 g/mol. The van der Waals surface area contributed by atoms with Crippen LogP contribution in [0, 0.1) is 5.41 Å². The lowest BCUT2D eigenvalue weighted by atomic mass is 9.70. The summed E-state index contributed by atoms with van der Waals surface area (Å²) in [4.78, 5) is 11.4. The number of hydrogen-bond donors (Lipinski definition) is 1. The van der Waals surface area contributed by atoms with Gasteiger partial charge in [0.15, 0.2) is 0 Å². The van der Waals surface area contributed by atoms with Crippen LogP contribution in [-0.2, 0) is 14.3 Å². The number of ether oxygens (including phenoxy) is 2. The molecule has 0 aromatic rings. The lowest BCUT2D eigenvalue weighted by Gasteiger charge is -2.32. The van der Waals surface area contributed by atoms with Gasteiger partial charge in [0.2, 0.25) is 0 Å². The minimum absolute atomic E-state index is 0.0240. The van der Waals surface area contributed by atoms with E-state index >= 15 is 0 Å². The molecule has 2 saturated heterocycles. The van der Waals surface area contributed by atoms with Gasteiger partial charge in [0.1, 0.15) is 0 Å². The van der Waals surface area contributed by atoms with Gasteiger partial charge in [-0.05, 0) is 32.6 Å². The van der Waals surface area contributed by atoms with Crippen molar-refractivity contribution in [2.45, 2.75) is 50.9 Å². The highest BCUT2D eigenvalue weighted by Gasteiger charge is 2.57. The summed E-state index contributed by atoms with van der Waals surface area (Å²) < 4.78 is 10.8. The molecule has 4 nitrogen and oxygen atoms in total. The molecule has 0 radical (unpaired) electrons. The minimum atomic E-state index is -0.724. The summed E-state index contributed by atoms with van der Waals surface area (Å²) in [5.41, 5.74) is -0.696. The number of aliphatic carboxylic acids is 1. The molecule has 2 heterocycles. The van der Waals surface area contributed by atoms with Gasteiger partial charge in [-0.1, -0.05) is 0 Å². The van der Waals surface area contributed by atoms with E-state index in [9.17, 15) is 9.90 Å². The highest BCUT2D eigenvalue weighted by Crippen LogP contribution is 2.50. The van der Waals surface area contributed by atoms with Gasteiger partial charge < -0.3 is 14.6 Å². The average Bonchev–Trinajstić information content (AvgIpc) is 2.77. The predicted molar refractivity (Wildman–Crippen MR) is 53.7 cm³/mol. The fraction of sp³-hybridized carbons (Fsp3) is 0.909. The van der Waals surface area contributed by atoms with Crippen LogP contribution in [0.25, 0.3) is 0 Å². The standard InChI is InChI=1S/C11H18O4/c1-7(14-2)5-11(10(12)13)6-8-3-4-9(11)15-8/h7-9H,3-6H2,1-2H3,(H,12,13). The van der Waals surface area contributed by atoms with Crippen molar-refractivity contribution in [3.05, 3.63) is 0 Å². The zero-order valence-corrected chi connectivity index (χ0v) is 9.23. The first-order valence-corrected chi connectivity index (χ1v) is 5.50. The van der Waals surface area contributed by atoms with Crippen LogP contribution in [0.2, 0.25) is 0 Å². The van der Waals surface area contributed by atoms with Crippen molar-refractivity contribution in [1.29, 1.82) is 0 Å². The lowest BCUT2D eigenvalue weighted by molar-refractivity contribution is -0.155. The molecule has 2 aliphatic heterocycles. The second-order valence-electron chi connectivity index (χ2n) is 4.74. The molecule has 2 fully saturated rings. The van der Waals surface area contributed by atoms with Gasteiger partial charge in [-0.25, -0.2) is 0 Å². The summed E-state index contributed by atoms with van der Waals surface area (Å²) in [6.07, 6.45) is 3.15. The van der Waals surface area contributed by atoms with E-state index in [1.165, 1.54) is 0 Å². The molecule has 0 aromatic carbocycles. The second-order valence-corrected chi connectivity index (χ2v) is 4.74. The van der Waals surface area contributed by atoms with Crippen LogP contribution >= 0.6 is 0 Å². The van der Waals surface area contributed by atoms with Crippen molar-refractivity contribution in [3.63, 3.8) is 0 Å². The molecule has 2 bridgehead atoms. The van der Waals surface area contributed by atoms with E-state index in [0.29, 0.717) is 12.8 Å². The molecule has 4 heteroatoms. The Morgan fingerprint density at radius 3 is 2.80 bits per heavy atom. The fourth-order valence-electron chi connectivity index (χ4n) is 2.92. The first-order chi connectivity index (χ1) is 7.08. The summed E-state index contributed by atoms with van der Waals surface area (Å²) in [5, 5.41) is 9.39. The van der Waals surface area contributed by atoms with Crippen molar-refractivity contribution in [2.24, 2.45) is 5.41 Å². The molecule has 0 aliphatic carbocycles. The minimum Gasteiger partial charge on any atom is -0.481 e. The van der Waals surface area contributed by atoms with Crippen molar-refractivity contribution >= 4 is 5.97 Å². The summed E-state index contributed by atoms with van der Waals surface area (Å²) in [6.45, 7) is 1.91. The zero-order chi connectivity index (χ0) is 11.1. The summed E-state index contributed by atoms with van der Waals surface area (Å²) in [7, 11) is 1.62. The van der Waals surface area contributed by atoms with Gasteiger partial charge in [-0.15, -0.1) is 0 Å². The Morgan fingerprint density at radius 2 is 2.40 bits per heavy atom. The quantitative estimate of drug-likeness (QED) is 0.769. The topological polar surface area (TPSA) is 55.8 Å². The zero-order valence-electron chi connectivity index (χ0n) is 9.23. The molecule has 1 N–H and O–H groups in total. The van der Waals surface area contributed by atoms with Gasteiger partial charge in [0, 0.05) is 7.11 Å². The molecule has 4 unspecified atom stereocenters. The van der Waals surface area contributed by atoms with E-state index in [1.54, 1.807) is 7.11 Å². The van der Waals surface area contributed by atoms with Gasteiger partial charge in [-0.3, -0.25) is 4.79 Å². The van der Waals surface area contributed by atoms with E-state index in [4.69, 9.17) is 9.47 Å². The summed E-state index contributed by atoms with van der Waals surface area (Å²) >= 11 is 0. The fourth-order valence-corrected chi connectivity index (χ4v) is 2.92. The normalized spacial score (nSPS) is 40.7. The first-order valence-electron chi connectivity index (χ1n) is 5.50. The van der Waals surface area contributed by atoms with Gasteiger partial charge in [-0.2, -0.15) is 0 Å². The van der Waals surface area contributed by atoms with Crippen molar-refractivity contribution in [1.82, 2.24) is 0 Å². The van der Waals surface area contributed by atoms with Crippen molar-refractivity contribution in [2.75, 3.05) is 7.11 Å². The molecule has 15 heavy (non-hydrogen) atoms. The Labute approximate surface area is 89.6 Å². The van der Waals surface area contributed by atoms with Crippen LogP contribution in [0.4, 0.5) is 0 Å². The van der Waals surface area contributed by atoms with Gasteiger partial charge in [0.05, 0.1) is 23.7 Å². The largest absolute Gasteiger partial charge is 0.481 e. The third-order valence-corrected chi connectivity index (χ3v) is 3.80. The predicted octanol–water partition coefficient (Wildman–Crippen LogP) is 1.43.